The lowest BCUT2D eigenvalue weighted by molar-refractivity contribution is 0.0342. The van der Waals surface area contributed by atoms with Crippen molar-refractivity contribution in [1.82, 2.24) is 14.7 Å². The maximum Gasteiger partial charge on any atom is 0.129 e. The number of aromatic nitrogens is 2. The van der Waals surface area contributed by atoms with Gasteiger partial charge in [0, 0.05) is 32.2 Å². The van der Waals surface area contributed by atoms with E-state index in [-0.39, 0.29) is 0 Å². The molecule has 0 amide bonds. The molecule has 5 nitrogen and oxygen atoms in total. The molecule has 0 radical (unpaired) electrons. The third kappa shape index (κ3) is 2.69. The minimum Gasteiger partial charge on any atom is -0.383 e. The van der Waals surface area contributed by atoms with Crippen molar-refractivity contribution in [3.05, 3.63) is 36.0 Å². The number of anilines is 1. The van der Waals surface area contributed by atoms with Crippen LogP contribution in [-0.2, 0) is 18.3 Å². The van der Waals surface area contributed by atoms with Crippen molar-refractivity contribution in [1.29, 1.82) is 0 Å². The lowest BCUT2D eigenvalue weighted by atomic mass is 10.1. The first-order chi connectivity index (χ1) is 9.74. The van der Waals surface area contributed by atoms with Crippen LogP contribution in [0, 0.1) is 0 Å². The Labute approximate surface area is 118 Å². The molecule has 20 heavy (non-hydrogen) atoms. The van der Waals surface area contributed by atoms with Crippen LogP contribution in [0.15, 0.2) is 30.5 Å². The van der Waals surface area contributed by atoms with Gasteiger partial charge in [-0.1, -0.05) is 24.3 Å². The summed E-state index contributed by atoms with van der Waals surface area (Å²) in [6.07, 6.45) is 1.81. The summed E-state index contributed by atoms with van der Waals surface area (Å²) >= 11 is 0. The molecule has 0 aliphatic carbocycles. The lowest BCUT2D eigenvalue weighted by Gasteiger charge is -2.26. The molecule has 2 heterocycles. The molecule has 5 heteroatoms. The Morgan fingerprint density at radius 2 is 1.90 bits per heavy atom. The molecular formula is C15H20N4O. The molecule has 0 unspecified atom stereocenters. The number of nitrogens with two attached hydrogens (primary N) is 1. The maximum absolute atomic E-state index is 6.00. The normalized spacial score (nSPS) is 16.4. The monoisotopic (exact) mass is 272 g/mol. The Bertz CT molecular complexity index is 570. The number of benzene rings is 1. The number of nitrogen functional groups attached to an aromatic ring is 1. The summed E-state index contributed by atoms with van der Waals surface area (Å²) in [5.74, 6) is 0.700. The van der Waals surface area contributed by atoms with E-state index in [4.69, 9.17) is 10.5 Å². The third-order valence-electron chi connectivity index (χ3n) is 3.76. The highest BCUT2D eigenvalue weighted by Gasteiger charge is 2.11. The number of morpholine rings is 1. The molecule has 0 atom stereocenters. The Hall–Kier alpha value is -1.85. The second-order valence-corrected chi connectivity index (χ2v) is 5.15. The van der Waals surface area contributed by atoms with E-state index in [1.165, 1.54) is 5.56 Å². The quantitative estimate of drug-likeness (QED) is 0.920. The first kappa shape index (κ1) is 13.1. The highest BCUT2D eigenvalue weighted by atomic mass is 16.5. The van der Waals surface area contributed by atoms with E-state index in [9.17, 15) is 0 Å². The summed E-state index contributed by atoms with van der Waals surface area (Å²) in [4.78, 5) is 2.41. The molecule has 1 fully saturated rings. The largest absolute Gasteiger partial charge is 0.383 e. The second-order valence-electron chi connectivity index (χ2n) is 5.15. The highest BCUT2D eigenvalue weighted by Crippen LogP contribution is 2.25. The fraction of sp³-hybridized carbons (Fsp3) is 0.400. The predicted octanol–water partition coefficient (Wildman–Crippen LogP) is 1.50. The van der Waals surface area contributed by atoms with Gasteiger partial charge in [-0.2, -0.15) is 5.10 Å². The van der Waals surface area contributed by atoms with E-state index in [2.05, 4.69) is 34.3 Å². The van der Waals surface area contributed by atoms with Gasteiger partial charge >= 0.3 is 0 Å². The lowest BCUT2D eigenvalue weighted by Crippen LogP contribution is -2.35. The van der Waals surface area contributed by atoms with E-state index < -0.39 is 0 Å². The second kappa shape index (κ2) is 5.64. The summed E-state index contributed by atoms with van der Waals surface area (Å²) in [7, 11) is 1.85. The van der Waals surface area contributed by atoms with E-state index in [0.29, 0.717) is 5.82 Å². The fourth-order valence-corrected chi connectivity index (χ4v) is 2.48. The summed E-state index contributed by atoms with van der Waals surface area (Å²) in [6, 6.07) is 8.56. The van der Waals surface area contributed by atoms with Crippen molar-refractivity contribution in [3.8, 4) is 11.1 Å². The van der Waals surface area contributed by atoms with Crippen molar-refractivity contribution in [2.24, 2.45) is 7.05 Å². The van der Waals surface area contributed by atoms with Crippen molar-refractivity contribution in [2.75, 3.05) is 32.0 Å². The van der Waals surface area contributed by atoms with Gasteiger partial charge in [-0.3, -0.25) is 9.58 Å². The van der Waals surface area contributed by atoms with Crippen LogP contribution < -0.4 is 5.73 Å². The first-order valence-corrected chi connectivity index (χ1v) is 6.91. The van der Waals surface area contributed by atoms with E-state index in [1.54, 1.807) is 4.68 Å². The molecule has 106 valence electrons. The van der Waals surface area contributed by atoms with Crippen LogP contribution >= 0.6 is 0 Å². The topological polar surface area (TPSA) is 56.3 Å². The maximum atomic E-state index is 6.00. The van der Waals surface area contributed by atoms with Crippen LogP contribution in [0.1, 0.15) is 5.56 Å². The van der Waals surface area contributed by atoms with Gasteiger partial charge in [-0.15, -0.1) is 0 Å². The average molecular weight is 272 g/mol. The number of nitrogens with zero attached hydrogens (tertiary/aromatic N) is 3. The van der Waals surface area contributed by atoms with E-state index in [1.807, 2.05) is 13.2 Å². The highest BCUT2D eigenvalue weighted by molar-refractivity contribution is 5.73. The van der Waals surface area contributed by atoms with Gasteiger partial charge in [-0.05, 0) is 11.1 Å². The number of hydrogen-bond donors (Lipinski definition) is 1. The van der Waals surface area contributed by atoms with Crippen LogP contribution in [0.3, 0.4) is 0 Å². The van der Waals surface area contributed by atoms with Gasteiger partial charge in [0.1, 0.15) is 5.82 Å². The summed E-state index contributed by atoms with van der Waals surface area (Å²) < 4.78 is 7.06. The molecule has 1 saturated heterocycles. The van der Waals surface area contributed by atoms with Crippen molar-refractivity contribution >= 4 is 5.82 Å². The number of aryl methyl sites for hydroxylation is 1. The van der Waals surface area contributed by atoms with Gasteiger partial charge in [0.15, 0.2) is 0 Å². The van der Waals surface area contributed by atoms with Gasteiger partial charge < -0.3 is 10.5 Å². The van der Waals surface area contributed by atoms with Crippen molar-refractivity contribution < 1.29 is 4.74 Å². The third-order valence-corrected chi connectivity index (χ3v) is 3.76. The molecule has 1 aliphatic heterocycles. The predicted molar refractivity (Wildman–Crippen MR) is 79.2 cm³/mol. The van der Waals surface area contributed by atoms with E-state index in [0.717, 1.165) is 44.0 Å². The summed E-state index contributed by atoms with van der Waals surface area (Å²) in [5, 5.41) is 4.18. The van der Waals surface area contributed by atoms with Gasteiger partial charge in [-0.25, -0.2) is 0 Å². The standard InChI is InChI=1S/C15H20N4O/c1-18-15(16)14(10-17-18)13-4-2-12(3-5-13)11-19-6-8-20-9-7-19/h2-5,10H,6-9,11,16H2,1H3. The smallest absolute Gasteiger partial charge is 0.129 e. The number of rotatable bonds is 3. The summed E-state index contributed by atoms with van der Waals surface area (Å²) in [5.41, 5.74) is 9.42. The summed E-state index contributed by atoms with van der Waals surface area (Å²) in [6.45, 7) is 4.68. The Kier molecular flexibility index (Phi) is 3.71. The van der Waals surface area contributed by atoms with Crippen LogP contribution in [0.5, 0.6) is 0 Å². The van der Waals surface area contributed by atoms with E-state index >= 15 is 0 Å². The SMILES string of the molecule is Cn1ncc(-c2ccc(CN3CCOCC3)cc2)c1N. The van der Waals surface area contributed by atoms with Crippen molar-refractivity contribution in [2.45, 2.75) is 6.54 Å². The molecule has 2 aromatic rings. The zero-order chi connectivity index (χ0) is 13.9. The molecule has 1 aliphatic rings. The van der Waals surface area contributed by atoms with Gasteiger partial charge in [0.05, 0.1) is 19.4 Å². The molecule has 0 spiro atoms. The Morgan fingerprint density at radius 3 is 2.50 bits per heavy atom. The van der Waals surface area contributed by atoms with Gasteiger partial charge in [0.2, 0.25) is 0 Å². The Balaban J connectivity index is 1.72. The molecular weight excluding hydrogens is 252 g/mol. The minimum atomic E-state index is 0.700. The fourth-order valence-electron chi connectivity index (χ4n) is 2.48. The van der Waals surface area contributed by atoms with Crippen LogP contribution in [0.4, 0.5) is 5.82 Å². The number of hydrogen-bond acceptors (Lipinski definition) is 4. The average Bonchev–Trinajstić information content (AvgIpc) is 2.81. The van der Waals surface area contributed by atoms with Crippen LogP contribution in [0.2, 0.25) is 0 Å². The van der Waals surface area contributed by atoms with Gasteiger partial charge in [0.25, 0.3) is 0 Å². The minimum absolute atomic E-state index is 0.700. The molecule has 2 N–H and O–H groups in total. The number of ether oxygens (including phenoxy) is 1. The van der Waals surface area contributed by atoms with Crippen LogP contribution in [-0.4, -0.2) is 41.0 Å². The molecule has 0 saturated carbocycles. The van der Waals surface area contributed by atoms with Crippen molar-refractivity contribution in [3.63, 3.8) is 0 Å². The van der Waals surface area contributed by atoms with Crippen LogP contribution in [0.25, 0.3) is 11.1 Å². The molecule has 1 aromatic heterocycles. The zero-order valence-corrected chi connectivity index (χ0v) is 11.7. The Morgan fingerprint density at radius 1 is 1.20 bits per heavy atom. The zero-order valence-electron chi connectivity index (χ0n) is 11.7. The molecule has 1 aromatic carbocycles. The first-order valence-electron chi connectivity index (χ1n) is 6.91. The molecule has 3 rings (SSSR count). The molecule has 0 bridgehead atoms.